The van der Waals surface area contributed by atoms with Gasteiger partial charge in [-0.2, -0.15) is 0 Å². The summed E-state index contributed by atoms with van der Waals surface area (Å²) in [5.41, 5.74) is 3.40. The van der Waals surface area contributed by atoms with E-state index in [1.54, 1.807) is 19.9 Å². The molecular formula is C13H14F2N2O. The van der Waals surface area contributed by atoms with Gasteiger partial charge >= 0.3 is 0 Å². The molecule has 1 aromatic carbocycles. The Hall–Kier alpha value is -1.72. The Morgan fingerprint density at radius 2 is 1.89 bits per heavy atom. The Morgan fingerprint density at radius 3 is 2.44 bits per heavy atom. The molecule has 0 bridgehead atoms. The zero-order chi connectivity index (χ0) is 13.3. The first kappa shape index (κ1) is 12.7. The maximum Gasteiger partial charge on any atom is 0.134 e. The Morgan fingerprint density at radius 1 is 1.17 bits per heavy atom. The minimum atomic E-state index is -0.847. The van der Waals surface area contributed by atoms with Crippen LogP contribution < -0.4 is 11.3 Å². The second-order valence-corrected chi connectivity index (χ2v) is 4.16. The van der Waals surface area contributed by atoms with Crippen LogP contribution in [0.1, 0.15) is 28.5 Å². The third kappa shape index (κ3) is 2.02. The summed E-state index contributed by atoms with van der Waals surface area (Å²) in [6.45, 7) is 3.36. The molecule has 0 aliphatic heterocycles. The lowest BCUT2D eigenvalue weighted by Crippen LogP contribution is -2.30. The lowest BCUT2D eigenvalue weighted by Gasteiger charge is -2.17. The average Bonchev–Trinajstić information content (AvgIpc) is 2.76. The highest BCUT2D eigenvalue weighted by Gasteiger charge is 2.25. The zero-order valence-electron chi connectivity index (χ0n) is 10.1. The maximum atomic E-state index is 14.0. The number of nitrogens with one attached hydrogen (secondary N) is 1. The van der Waals surface area contributed by atoms with Crippen LogP contribution in [0.25, 0.3) is 0 Å². The van der Waals surface area contributed by atoms with Gasteiger partial charge in [0.25, 0.3) is 0 Å². The molecule has 2 aromatic rings. The third-order valence-corrected chi connectivity index (χ3v) is 2.94. The molecule has 0 aliphatic rings. The van der Waals surface area contributed by atoms with Crippen molar-refractivity contribution in [2.45, 2.75) is 19.9 Å². The molecule has 0 radical (unpaired) electrons. The van der Waals surface area contributed by atoms with E-state index < -0.39 is 17.7 Å². The summed E-state index contributed by atoms with van der Waals surface area (Å²) in [5, 5.41) is 0. The minimum Gasteiger partial charge on any atom is -0.467 e. The molecule has 96 valence electrons. The van der Waals surface area contributed by atoms with Gasteiger partial charge in [0.1, 0.15) is 23.4 Å². The first-order valence-electron chi connectivity index (χ1n) is 5.51. The normalized spacial score (nSPS) is 12.7. The number of hydrogen-bond donors (Lipinski definition) is 2. The van der Waals surface area contributed by atoms with E-state index >= 15 is 0 Å². The van der Waals surface area contributed by atoms with E-state index in [0.29, 0.717) is 11.3 Å². The largest absolute Gasteiger partial charge is 0.467 e. The minimum absolute atomic E-state index is 0.129. The topological polar surface area (TPSA) is 51.2 Å². The molecule has 0 fully saturated rings. The summed E-state index contributed by atoms with van der Waals surface area (Å²) >= 11 is 0. The Kier molecular flexibility index (Phi) is 3.45. The Balaban J connectivity index is 2.59. The number of rotatable bonds is 3. The molecule has 0 spiro atoms. The lowest BCUT2D eigenvalue weighted by molar-refractivity contribution is 0.424. The first-order valence-corrected chi connectivity index (χ1v) is 5.51. The van der Waals surface area contributed by atoms with Crippen LogP contribution in [0, 0.1) is 25.5 Å². The van der Waals surface area contributed by atoms with Crippen LogP contribution in [-0.4, -0.2) is 0 Å². The van der Waals surface area contributed by atoms with E-state index in [1.165, 1.54) is 18.4 Å². The molecule has 3 N–H and O–H groups in total. The summed E-state index contributed by atoms with van der Waals surface area (Å²) < 4.78 is 33.1. The second kappa shape index (κ2) is 4.88. The van der Waals surface area contributed by atoms with Crippen molar-refractivity contribution in [1.82, 2.24) is 5.43 Å². The number of furan rings is 1. The van der Waals surface area contributed by atoms with Gasteiger partial charge < -0.3 is 4.42 Å². The summed E-state index contributed by atoms with van der Waals surface area (Å²) in [6, 6.07) is 3.47. The number of hydrogen-bond acceptors (Lipinski definition) is 3. The molecule has 5 heteroatoms. The molecule has 0 saturated heterocycles. The van der Waals surface area contributed by atoms with Crippen LogP contribution in [0.2, 0.25) is 0 Å². The van der Waals surface area contributed by atoms with Crippen LogP contribution in [0.5, 0.6) is 0 Å². The molecule has 3 nitrogen and oxygen atoms in total. The third-order valence-electron chi connectivity index (χ3n) is 2.94. The highest BCUT2D eigenvalue weighted by molar-refractivity contribution is 5.35. The molecule has 1 unspecified atom stereocenters. The molecule has 0 amide bonds. The van der Waals surface area contributed by atoms with E-state index in [-0.39, 0.29) is 5.56 Å². The van der Waals surface area contributed by atoms with Crippen LogP contribution in [0.3, 0.4) is 0 Å². The van der Waals surface area contributed by atoms with Crippen molar-refractivity contribution in [3.63, 3.8) is 0 Å². The molecule has 2 rings (SSSR count). The molecule has 18 heavy (non-hydrogen) atoms. The van der Waals surface area contributed by atoms with Gasteiger partial charge in [-0.3, -0.25) is 5.84 Å². The van der Waals surface area contributed by atoms with Crippen LogP contribution in [-0.2, 0) is 0 Å². The molecule has 1 atom stereocenters. The van der Waals surface area contributed by atoms with E-state index in [9.17, 15) is 8.78 Å². The quantitative estimate of drug-likeness (QED) is 0.652. The van der Waals surface area contributed by atoms with Crippen LogP contribution in [0.4, 0.5) is 8.78 Å². The highest BCUT2D eigenvalue weighted by Crippen LogP contribution is 2.30. The number of nitrogens with two attached hydrogens (primary N) is 1. The smallest absolute Gasteiger partial charge is 0.134 e. The molecule has 1 heterocycles. The Bertz CT molecular complexity index is 566. The predicted octanol–water partition coefficient (Wildman–Crippen LogP) is 2.73. The van der Waals surface area contributed by atoms with Gasteiger partial charge in [0, 0.05) is 5.56 Å². The number of aryl methyl sites for hydroxylation is 2. The van der Waals surface area contributed by atoms with Crippen molar-refractivity contribution in [3.8, 4) is 0 Å². The summed E-state index contributed by atoms with van der Waals surface area (Å²) in [7, 11) is 0. The van der Waals surface area contributed by atoms with E-state index in [4.69, 9.17) is 10.3 Å². The summed E-state index contributed by atoms with van der Waals surface area (Å²) in [5.74, 6) is 4.54. The maximum absolute atomic E-state index is 14.0. The lowest BCUT2D eigenvalue weighted by atomic mass is 9.99. The van der Waals surface area contributed by atoms with Gasteiger partial charge in [-0.05, 0) is 37.1 Å². The first-order chi connectivity index (χ1) is 8.56. The van der Waals surface area contributed by atoms with Crippen LogP contribution in [0.15, 0.2) is 28.9 Å². The predicted molar refractivity (Wildman–Crippen MR) is 63.7 cm³/mol. The van der Waals surface area contributed by atoms with Crippen molar-refractivity contribution in [3.05, 3.63) is 58.5 Å². The van der Waals surface area contributed by atoms with E-state index in [0.717, 1.165) is 5.56 Å². The molecule has 0 aliphatic carbocycles. The van der Waals surface area contributed by atoms with Crippen molar-refractivity contribution in [1.29, 1.82) is 0 Å². The van der Waals surface area contributed by atoms with Crippen LogP contribution >= 0.6 is 0 Å². The highest BCUT2D eigenvalue weighted by atomic mass is 19.1. The number of halogens is 2. The molecular weight excluding hydrogens is 238 g/mol. The zero-order valence-corrected chi connectivity index (χ0v) is 10.1. The summed E-state index contributed by atoms with van der Waals surface area (Å²) in [6.07, 6.45) is 1.46. The number of benzene rings is 1. The standard InChI is InChI=1S/C13H14F2N2O/c1-7-3-4-9(14)10(11(7)15)12(17-16)13-8(2)5-6-18-13/h3-6,12,17H,16H2,1-2H3. The fourth-order valence-electron chi connectivity index (χ4n) is 1.91. The molecule has 1 aromatic heterocycles. The summed E-state index contributed by atoms with van der Waals surface area (Å²) in [4.78, 5) is 0. The Labute approximate surface area is 104 Å². The van der Waals surface area contributed by atoms with Crippen molar-refractivity contribution < 1.29 is 13.2 Å². The molecule has 0 saturated carbocycles. The van der Waals surface area contributed by atoms with Gasteiger partial charge in [-0.15, -0.1) is 0 Å². The average molecular weight is 252 g/mol. The van der Waals surface area contributed by atoms with Gasteiger partial charge in [-0.1, -0.05) is 6.07 Å². The van der Waals surface area contributed by atoms with Gasteiger partial charge in [0.05, 0.1) is 6.26 Å². The monoisotopic (exact) mass is 252 g/mol. The fourth-order valence-corrected chi connectivity index (χ4v) is 1.91. The van der Waals surface area contributed by atoms with Crippen molar-refractivity contribution in [2.24, 2.45) is 5.84 Å². The number of hydrazine groups is 1. The van der Waals surface area contributed by atoms with Crippen molar-refractivity contribution >= 4 is 0 Å². The van der Waals surface area contributed by atoms with Gasteiger partial charge in [-0.25, -0.2) is 14.2 Å². The second-order valence-electron chi connectivity index (χ2n) is 4.16. The van der Waals surface area contributed by atoms with Gasteiger partial charge in [0.2, 0.25) is 0 Å². The fraction of sp³-hybridized carbons (Fsp3) is 0.231. The van der Waals surface area contributed by atoms with Crippen molar-refractivity contribution in [2.75, 3.05) is 0 Å². The van der Waals surface area contributed by atoms with E-state index in [2.05, 4.69) is 5.43 Å². The van der Waals surface area contributed by atoms with E-state index in [1.807, 2.05) is 0 Å². The SMILES string of the molecule is Cc1ccoc1C(NN)c1c(F)ccc(C)c1F. The van der Waals surface area contributed by atoms with Gasteiger partial charge in [0.15, 0.2) is 0 Å².